The molecule has 1 amide bonds. The normalized spacial score (nSPS) is 14.9. The lowest BCUT2D eigenvalue weighted by Crippen LogP contribution is -2.34. The summed E-state index contributed by atoms with van der Waals surface area (Å²) in [6.07, 6.45) is 3.81. The maximum Gasteiger partial charge on any atom is 0.235 e. The highest BCUT2D eigenvalue weighted by Gasteiger charge is 2.26. The molecular formula is C21H24N4O3S. The van der Waals surface area contributed by atoms with Gasteiger partial charge in [0.1, 0.15) is 11.5 Å². The molecule has 0 saturated carbocycles. The Hall–Kier alpha value is -2.74. The lowest BCUT2D eigenvalue weighted by Gasteiger charge is -2.19. The molecule has 29 heavy (non-hydrogen) atoms. The largest absolute Gasteiger partial charge is 0.497 e. The van der Waals surface area contributed by atoms with E-state index in [1.165, 1.54) is 11.8 Å². The molecule has 0 spiro atoms. The molecule has 3 heterocycles. The second-order valence-electron chi connectivity index (χ2n) is 7.00. The SMILES string of the molecule is COc1cccc(-c2nnc(S[C@@H](C)C(=O)N3CCCC3)n2Cc2ccco2)c1. The summed E-state index contributed by atoms with van der Waals surface area (Å²) in [4.78, 5) is 14.7. The summed E-state index contributed by atoms with van der Waals surface area (Å²) in [5, 5.41) is 9.29. The molecule has 8 heteroatoms. The molecule has 1 atom stereocenters. The number of benzene rings is 1. The lowest BCUT2D eigenvalue weighted by molar-refractivity contribution is -0.129. The maximum atomic E-state index is 12.8. The van der Waals surface area contributed by atoms with Gasteiger partial charge in [0.25, 0.3) is 0 Å². The number of furan rings is 1. The lowest BCUT2D eigenvalue weighted by atomic mass is 10.2. The molecule has 152 valence electrons. The molecule has 0 radical (unpaired) electrons. The second-order valence-corrected chi connectivity index (χ2v) is 8.30. The predicted octanol–water partition coefficient (Wildman–Crippen LogP) is 3.70. The highest BCUT2D eigenvalue weighted by molar-refractivity contribution is 8.00. The molecule has 2 aromatic heterocycles. The molecular weight excluding hydrogens is 388 g/mol. The zero-order valence-corrected chi connectivity index (χ0v) is 17.4. The van der Waals surface area contributed by atoms with E-state index in [1.54, 1.807) is 13.4 Å². The smallest absolute Gasteiger partial charge is 0.235 e. The van der Waals surface area contributed by atoms with E-state index in [2.05, 4.69) is 10.2 Å². The van der Waals surface area contributed by atoms with E-state index in [0.717, 1.165) is 43.0 Å². The number of amides is 1. The zero-order valence-electron chi connectivity index (χ0n) is 16.6. The Morgan fingerprint density at radius 3 is 2.79 bits per heavy atom. The van der Waals surface area contributed by atoms with Crippen molar-refractivity contribution in [2.45, 2.75) is 36.7 Å². The predicted molar refractivity (Wildman–Crippen MR) is 111 cm³/mol. The first kappa shape index (κ1) is 19.6. The van der Waals surface area contributed by atoms with Gasteiger partial charge in [0.2, 0.25) is 5.91 Å². The first-order chi connectivity index (χ1) is 14.2. The van der Waals surface area contributed by atoms with Gasteiger partial charge < -0.3 is 14.1 Å². The first-order valence-corrected chi connectivity index (χ1v) is 10.6. The molecule has 7 nitrogen and oxygen atoms in total. The Balaban J connectivity index is 1.64. The van der Waals surface area contributed by atoms with Crippen LogP contribution in [-0.2, 0) is 11.3 Å². The van der Waals surface area contributed by atoms with Crippen LogP contribution in [0.15, 0.2) is 52.2 Å². The zero-order chi connectivity index (χ0) is 20.2. The molecule has 0 bridgehead atoms. The topological polar surface area (TPSA) is 73.4 Å². The fourth-order valence-corrected chi connectivity index (χ4v) is 4.39. The molecule has 1 fully saturated rings. The molecule has 1 aliphatic heterocycles. The fourth-order valence-electron chi connectivity index (χ4n) is 3.46. The van der Waals surface area contributed by atoms with Gasteiger partial charge >= 0.3 is 0 Å². The van der Waals surface area contributed by atoms with Gasteiger partial charge in [0, 0.05) is 18.7 Å². The standard InChI is InChI=1S/C21H24N4O3S/c1-15(20(26)24-10-3-4-11-24)29-21-23-22-19(16-7-5-8-17(13-16)27-2)25(21)14-18-9-6-12-28-18/h5-9,12-13,15H,3-4,10-11,14H2,1-2H3/t15-/m0/s1. The van der Waals surface area contributed by atoms with Crippen molar-refractivity contribution in [2.75, 3.05) is 20.2 Å². The quantitative estimate of drug-likeness (QED) is 0.551. The van der Waals surface area contributed by atoms with Crippen LogP contribution >= 0.6 is 11.8 Å². The third-order valence-corrected chi connectivity index (χ3v) is 6.05. The second kappa shape index (κ2) is 8.73. The van der Waals surface area contributed by atoms with Crippen molar-refractivity contribution >= 4 is 17.7 Å². The first-order valence-electron chi connectivity index (χ1n) is 9.71. The summed E-state index contributed by atoms with van der Waals surface area (Å²) < 4.78 is 12.9. The van der Waals surface area contributed by atoms with Gasteiger partial charge in [-0.05, 0) is 44.0 Å². The number of carbonyl (C=O) groups excluding carboxylic acids is 1. The van der Waals surface area contributed by atoms with E-state index in [-0.39, 0.29) is 11.2 Å². The Kier molecular flexibility index (Phi) is 5.89. The Labute approximate surface area is 174 Å². The van der Waals surface area contributed by atoms with Gasteiger partial charge in [0.05, 0.1) is 25.2 Å². The fraction of sp³-hybridized carbons (Fsp3) is 0.381. The van der Waals surface area contributed by atoms with Crippen molar-refractivity contribution in [3.63, 3.8) is 0 Å². The monoisotopic (exact) mass is 412 g/mol. The van der Waals surface area contributed by atoms with Crippen LogP contribution in [0.25, 0.3) is 11.4 Å². The van der Waals surface area contributed by atoms with Crippen molar-refractivity contribution in [3.05, 3.63) is 48.4 Å². The van der Waals surface area contributed by atoms with Crippen LogP contribution in [0.4, 0.5) is 0 Å². The van der Waals surface area contributed by atoms with Crippen molar-refractivity contribution < 1.29 is 13.9 Å². The number of carbonyl (C=O) groups is 1. The summed E-state index contributed by atoms with van der Waals surface area (Å²) in [5.74, 6) is 2.42. The summed E-state index contributed by atoms with van der Waals surface area (Å²) in [6.45, 7) is 4.11. The van der Waals surface area contributed by atoms with Crippen LogP contribution in [0.5, 0.6) is 5.75 Å². The molecule has 3 aromatic rings. The van der Waals surface area contributed by atoms with Gasteiger partial charge in [-0.1, -0.05) is 23.9 Å². The van der Waals surface area contributed by atoms with Crippen molar-refractivity contribution in [1.82, 2.24) is 19.7 Å². The van der Waals surface area contributed by atoms with E-state index >= 15 is 0 Å². The minimum Gasteiger partial charge on any atom is -0.497 e. The number of nitrogens with zero attached hydrogens (tertiary/aromatic N) is 4. The number of aromatic nitrogens is 3. The third kappa shape index (κ3) is 4.32. The van der Waals surface area contributed by atoms with E-state index in [4.69, 9.17) is 9.15 Å². The van der Waals surface area contributed by atoms with Crippen molar-refractivity contribution in [1.29, 1.82) is 0 Å². The highest BCUT2D eigenvalue weighted by Crippen LogP contribution is 2.30. The number of hydrogen-bond donors (Lipinski definition) is 0. The van der Waals surface area contributed by atoms with Crippen LogP contribution in [0.1, 0.15) is 25.5 Å². The van der Waals surface area contributed by atoms with Crippen LogP contribution in [0.3, 0.4) is 0 Å². The van der Waals surface area contributed by atoms with E-state index in [0.29, 0.717) is 17.5 Å². The molecule has 0 N–H and O–H groups in total. The number of methoxy groups -OCH3 is 1. The molecule has 1 saturated heterocycles. The number of thioether (sulfide) groups is 1. The van der Waals surface area contributed by atoms with Crippen molar-refractivity contribution in [3.8, 4) is 17.1 Å². The number of likely N-dealkylation sites (tertiary alicyclic amines) is 1. The Bertz CT molecular complexity index is 964. The van der Waals surface area contributed by atoms with E-state index in [9.17, 15) is 4.79 Å². The average Bonchev–Trinajstić information content (AvgIpc) is 3.51. The molecule has 4 rings (SSSR count). The maximum absolute atomic E-state index is 12.8. The summed E-state index contributed by atoms with van der Waals surface area (Å²) in [5.41, 5.74) is 0.897. The van der Waals surface area contributed by atoms with E-state index < -0.39 is 0 Å². The van der Waals surface area contributed by atoms with Gasteiger partial charge in [-0.25, -0.2) is 0 Å². The molecule has 1 aromatic carbocycles. The number of hydrogen-bond acceptors (Lipinski definition) is 6. The number of ether oxygens (including phenoxy) is 1. The van der Waals surface area contributed by atoms with Crippen LogP contribution in [0.2, 0.25) is 0 Å². The van der Waals surface area contributed by atoms with Crippen LogP contribution in [-0.4, -0.2) is 51.0 Å². The third-order valence-electron chi connectivity index (χ3n) is 4.99. The van der Waals surface area contributed by atoms with Crippen molar-refractivity contribution in [2.24, 2.45) is 0 Å². The Morgan fingerprint density at radius 1 is 1.24 bits per heavy atom. The van der Waals surface area contributed by atoms with Crippen LogP contribution < -0.4 is 4.74 Å². The molecule has 0 unspecified atom stereocenters. The highest BCUT2D eigenvalue weighted by atomic mass is 32.2. The molecule has 0 aliphatic carbocycles. The summed E-state index contributed by atoms with van der Waals surface area (Å²) in [7, 11) is 1.64. The minimum absolute atomic E-state index is 0.156. The Morgan fingerprint density at radius 2 is 2.07 bits per heavy atom. The van der Waals surface area contributed by atoms with Gasteiger partial charge in [-0.15, -0.1) is 10.2 Å². The number of rotatable bonds is 7. The average molecular weight is 413 g/mol. The summed E-state index contributed by atoms with van der Waals surface area (Å²) >= 11 is 1.44. The van der Waals surface area contributed by atoms with Gasteiger partial charge in [-0.3, -0.25) is 9.36 Å². The summed E-state index contributed by atoms with van der Waals surface area (Å²) in [6, 6.07) is 11.5. The molecule has 1 aliphatic rings. The van der Waals surface area contributed by atoms with Gasteiger partial charge in [0.15, 0.2) is 11.0 Å². The van der Waals surface area contributed by atoms with Gasteiger partial charge in [-0.2, -0.15) is 0 Å². The minimum atomic E-state index is -0.231. The van der Waals surface area contributed by atoms with E-state index in [1.807, 2.05) is 52.8 Å². The van der Waals surface area contributed by atoms with Crippen LogP contribution in [0, 0.1) is 0 Å².